The maximum absolute atomic E-state index is 10.7. The van der Waals surface area contributed by atoms with Crippen molar-refractivity contribution in [2.24, 2.45) is 4.99 Å². The first-order valence-electron chi connectivity index (χ1n) is 5.40. The van der Waals surface area contributed by atoms with Gasteiger partial charge in [0.15, 0.2) is 0 Å². The maximum Gasteiger partial charge on any atom is 0.335 e. The van der Waals surface area contributed by atoms with Gasteiger partial charge in [-0.3, -0.25) is 10.4 Å². The van der Waals surface area contributed by atoms with Crippen molar-refractivity contribution in [2.45, 2.75) is 0 Å². The average molecular weight is 270 g/mol. The van der Waals surface area contributed by atoms with Crippen LogP contribution >= 0.6 is 11.3 Å². The summed E-state index contributed by atoms with van der Waals surface area (Å²) in [5.74, 6) is 1.37. The Bertz CT molecular complexity index is 651. The normalized spacial score (nSPS) is 10.3. The lowest BCUT2D eigenvalue weighted by molar-refractivity contribution is 0.0697. The third kappa shape index (κ3) is 3.25. The molecule has 1 heterocycles. The first-order chi connectivity index (χ1) is 9.20. The highest BCUT2D eigenvalue weighted by Crippen LogP contribution is 2.17. The van der Waals surface area contributed by atoms with E-state index in [4.69, 9.17) is 10.5 Å². The van der Waals surface area contributed by atoms with Crippen molar-refractivity contribution < 1.29 is 9.90 Å². The molecule has 0 unspecified atom stereocenters. The average Bonchev–Trinajstić information content (AvgIpc) is 2.94. The molecule has 0 amide bonds. The van der Waals surface area contributed by atoms with E-state index in [2.05, 4.69) is 10.9 Å². The zero-order valence-electron chi connectivity index (χ0n) is 9.83. The predicted molar refractivity (Wildman–Crippen MR) is 77.0 cm³/mol. The highest BCUT2D eigenvalue weighted by atomic mass is 32.1. The number of hydrogen-bond acceptors (Lipinski definition) is 4. The fourth-order valence-corrected chi connectivity index (χ4v) is 2.08. The Balaban J connectivity index is 2.18. The molecule has 19 heavy (non-hydrogen) atoms. The fourth-order valence-electron chi connectivity index (χ4n) is 1.43. The number of hydrogen-bond donors (Lipinski definition) is 2. The minimum atomic E-state index is -0.964. The number of carboxylic acids is 1. The second kappa shape index (κ2) is 5.91. The highest BCUT2D eigenvalue weighted by Gasteiger charge is 2.01. The molecule has 1 aromatic heterocycles. The van der Waals surface area contributed by atoms with Crippen molar-refractivity contribution >= 4 is 40.7 Å². The molecule has 0 spiro atoms. The summed E-state index contributed by atoms with van der Waals surface area (Å²) in [5.41, 5.74) is 2.34. The number of nitrogens with one attached hydrogen (secondary N) is 1. The summed E-state index contributed by atoms with van der Waals surface area (Å²) in [4.78, 5) is 14.9. The molecule has 1 aromatic carbocycles. The maximum atomic E-state index is 10.7. The lowest BCUT2D eigenvalue weighted by Crippen LogP contribution is -1.94. The number of carboxylic acid groups (broad SMARTS) is 1. The van der Waals surface area contributed by atoms with Crippen LogP contribution in [0.25, 0.3) is 5.57 Å². The minimum Gasteiger partial charge on any atom is -0.478 e. The number of aromatic carboxylic acids is 1. The topological polar surface area (TPSA) is 73.5 Å². The summed E-state index contributed by atoms with van der Waals surface area (Å²) in [5, 5.41) is 19.9. The zero-order valence-corrected chi connectivity index (χ0v) is 10.6. The van der Waals surface area contributed by atoms with Crippen LogP contribution in [0, 0.1) is 5.41 Å². The molecule has 0 aliphatic carbocycles. The van der Waals surface area contributed by atoms with Gasteiger partial charge >= 0.3 is 5.97 Å². The van der Waals surface area contributed by atoms with Crippen molar-refractivity contribution in [1.29, 1.82) is 5.41 Å². The molecule has 0 aliphatic heterocycles. The standard InChI is InChI=1S/C14H10N2O2S/c15-7-12(11-5-6-19-9-11)8-16-13-3-1-10(2-4-13)14(17)18/h1-6,8-9,15H,(H,17,18). The van der Waals surface area contributed by atoms with Gasteiger partial charge in [0, 0.05) is 11.8 Å². The van der Waals surface area contributed by atoms with Crippen molar-refractivity contribution in [1.82, 2.24) is 0 Å². The van der Waals surface area contributed by atoms with Gasteiger partial charge < -0.3 is 5.11 Å². The molecule has 94 valence electrons. The Morgan fingerprint density at radius 1 is 1.26 bits per heavy atom. The van der Waals surface area contributed by atoms with Crippen molar-refractivity contribution in [3.8, 4) is 0 Å². The van der Waals surface area contributed by atoms with Gasteiger partial charge in [0.1, 0.15) is 0 Å². The van der Waals surface area contributed by atoms with E-state index in [0.29, 0.717) is 11.3 Å². The van der Waals surface area contributed by atoms with Gasteiger partial charge in [-0.25, -0.2) is 4.79 Å². The minimum absolute atomic E-state index is 0.222. The number of aliphatic imine (C=N–C) groups is 1. The van der Waals surface area contributed by atoms with Crippen LogP contribution in [0.5, 0.6) is 0 Å². The Morgan fingerprint density at radius 3 is 2.53 bits per heavy atom. The lowest BCUT2D eigenvalue weighted by atomic mass is 10.2. The monoisotopic (exact) mass is 270 g/mol. The van der Waals surface area contributed by atoms with E-state index in [-0.39, 0.29) is 5.56 Å². The number of carbonyl (C=O) groups is 1. The summed E-state index contributed by atoms with van der Waals surface area (Å²) in [7, 11) is 0. The predicted octanol–water partition coefficient (Wildman–Crippen LogP) is 3.48. The van der Waals surface area contributed by atoms with Crippen molar-refractivity contribution in [2.75, 3.05) is 0 Å². The molecule has 2 rings (SSSR count). The van der Waals surface area contributed by atoms with Crippen LogP contribution in [0.2, 0.25) is 0 Å². The van der Waals surface area contributed by atoms with Crippen molar-refractivity contribution in [3.63, 3.8) is 0 Å². The smallest absolute Gasteiger partial charge is 0.335 e. The Labute approximate surface area is 113 Å². The van der Waals surface area contributed by atoms with Gasteiger partial charge in [-0.05, 0) is 47.0 Å². The first-order valence-corrected chi connectivity index (χ1v) is 6.34. The number of allylic oxidation sites excluding steroid dienone is 1. The Morgan fingerprint density at radius 2 is 2.00 bits per heavy atom. The van der Waals surface area contributed by atoms with Crippen molar-refractivity contribution in [3.05, 3.63) is 52.2 Å². The largest absolute Gasteiger partial charge is 0.478 e. The molecule has 5 heteroatoms. The van der Waals surface area contributed by atoms with Crippen LogP contribution in [0.4, 0.5) is 5.69 Å². The third-order valence-electron chi connectivity index (χ3n) is 2.42. The van der Waals surface area contributed by atoms with Crippen LogP contribution in [-0.4, -0.2) is 23.2 Å². The molecule has 0 saturated carbocycles. The zero-order chi connectivity index (χ0) is 13.7. The molecule has 2 N–H and O–H groups in total. The van der Waals surface area contributed by atoms with Crippen LogP contribution < -0.4 is 0 Å². The van der Waals surface area contributed by atoms with Gasteiger partial charge in [-0.2, -0.15) is 11.3 Å². The van der Waals surface area contributed by atoms with Gasteiger partial charge in [0.2, 0.25) is 0 Å². The van der Waals surface area contributed by atoms with Crippen LogP contribution in [0.15, 0.2) is 46.1 Å². The van der Waals surface area contributed by atoms with Gasteiger partial charge in [-0.1, -0.05) is 0 Å². The highest BCUT2D eigenvalue weighted by molar-refractivity contribution is 7.08. The summed E-state index contributed by atoms with van der Waals surface area (Å²) in [6.45, 7) is 0. The molecule has 4 nitrogen and oxygen atoms in total. The number of nitrogens with zero attached hydrogens (tertiary/aromatic N) is 1. The molecule has 0 saturated heterocycles. The molecule has 0 atom stereocenters. The summed E-state index contributed by atoms with van der Waals surface area (Å²) in [6, 6.07) is 8.12. The van der Waals surface area contributed by atoms with E-state index in [1.165, 1.54) is 23.5 Å². The van der Waals surface area contributed by atoms with E-state index in [0.717, 1.165) is 5.56 Å². The van der Waals surface area contributed by atoms with E-state index in [1.807, 2.05) is 16.8 Å². The van der Waals surface area contributed by atoms with Crippen LogP contribution in [-0.2, 0) is 0 Å². The SMILES string of the molecule is N=C=C(C=Nc1ccc(C(=O)O)cc1)c1ccsc1. The van der Waals surface area contributed by atoms with E-state index in [1.54, 1.807) is 18.3 Å². The van der Waals surface area contributed by atoms with E-state index < -0.39 is 5.97 Å². The quantitative estimate of drug-likeness (QED) is 0.835. The second-order valence-corrected chi connectivity index (χ2v) is 4.44. The molecule has 0 radical (unpaired) electrons. The first kappa shape index (κ1) is 13.0. The number of benzene rings is 1. The third-order valence-corrected chi connectivity index (χ3v) is 3.11. The van der Waals surface area contributed by atoms with Crippen LogP contribution in [0.3, 0.4) is 0 Å². The van der Waals surface area contributed by atoms with E-state index >= 15 is 0 Å². The van der Waals surface area contributed by atoms with E-state index in [9.17, 15) is 4.79 Å². The van der Waals surface area contributed by atoms with Gasteiger partial charge in [0.05, 0.1) is 16.8 Å². The Kier molecular flexibility index (Phi) is 4.03. The fraction of sp³-hybridized carbons (Fsp3) is 0. The molecule has 0 fully saturated rings. The summed E-state index contributed by atoms with van der Waals surface area (Å²) in [6.07, 6.45) is 1.55. The van der Waals surface area contributed by atoms with Gasteiger partial charge in [-0.15, -0.1) is 0 Å². The lowest BCUT2D eigenvalue weighted by Gasteiger charge is -1.96. The molecular weight excluding hydrogens is 260 g/mol. The van der Waals surface area contributed by atoms with Crippen LogP contribution in [0.1, 0.15) is 15.9 Å². The second-order valence-electron chi connectivity index (χ2n) is 3.66. The number of thiophene rings is 1. The molecule has 2 aromatic rings. The number of rotatable bonds is 4. The van der Waals surface area contributed by atoms with Gasteiger partial charge in [0.25, 0.3) is 0 Å². The molecule has 0 aliphatic rings. The Hall–Kier alpha value is -2.49. The summed E-state index contributed by atoms with van der Waals surface area (Å²) >= 11 is 1.54. The summed E-state index contributed by atoms with van der Waals surface area (Å²) < 4.78 is 0. The molecular formula is C14H10N2O2S. The molecule has 0 bridgehead atoms.